The predicted octanol–water partition coefficient (Wildman–Crippen LogP) is 2.22. The van der Waals surface area contributed by atoms with E-state index in [2.05, 4.69) is 9.59 Å². The van der Waals surface area contributed by atoms with Crippen LogP contribution in [0, 0.1) is 6.92 Å². The maximum Gasteiger partial charge on any atom is 0.125 e. The summed E-state index contributed by atoms with van der Waals surface area (Å²) in [6.07, 6.45) is 0. The Morgan fingerprint density at radius 1 is 1.38 bits per heavy atom. The van der Waals surface area contributed by atoms with Crippen LogP contribution in [-0.4, -0.2) is 14.7 Å². The fourth-order valence-electron chi connectivity index (χ4n) is 1.14. The molecule has 13 heavy (non-hydrogen) atoms. The smallest absolute Gasteiger partial charge is 0.125 e. The van der Waals surface area contributed by atoms with Gasteiger partial charge in [-0.1, -0.05) is 16.1 Å². The van der Waals surface area contributed by atoms with E-state index in [1.807, 2.05) is 24.4 Å². The number of hydrogen-bond acceptors (Lipinski definition) is 4. The molecule has 66 valence electrons. The van der Waals surface area contributed by atoms with Crippen molar-refractivity contribution in [3.8, 4) is 17.0 Å². The SMILES string of the molecule is Cc1ccc(O)c(-c2csnn2)c1. The first kappa shape index (κ1) is 8.19. The van der Waals surface area contributed by atoms with Gasteiger partial charge < -0.3 is 5.11 Å². The van der Waals surface area contributed by atoms with Gasteiger partial charge in [0, 0.05) is 10.9 Å². The lowest BCUT2D eigenvalue weighted by Gasteiger charge is -2.00. The van der Waals surface area contributed by atoms with Gasteiger partial charge in [0.05, 0.1) is 0 Å². The van der Waals surface area contributed by atoms with E-state index < -0.39 is 0 Å². The number of benzene rings is 1. The second-order valence-electron chi connectivity index (χ2n) is 2.81. The van der Waals surface area contributed by atoms with Crippen molar-refractivity contribution in [2.45, 2.75) is 6.92 Å². The molecule has 0 saturated carbocycles. The van der Waals surface area contributed by atoms with Crippen molar-refractivity contribution in [3.63, 3.8) is 0 Å². The van der Waals surface area contributed by atoms with Crippen molar-refractivity contribution >= 4 is 11.5 Å². The number of nitrogens with zero attached hydrogens (tertiary/aromatic N) is 2. The summed E-state index contributed by atoms with van der Waals surface area (Å²) >= 11 is 1.28. The molecule has 0 amide bonds. The van der Waals surface area contributed by atoms with Crippen LogP contribution in [0.2, 0.25) is 0 Å². The number of hydrogen-bond donors (Lipinski definition) is 1. The largest absolute Gasteiger partial charge is 0.507 e. The van der Waals surface area contributed by atoms with Crippen LogP contribution in [0.1, 0.15) is 5.56 Å². The minimum Gasteiger partial charge on any atom is -0.507 e. The highest BCUT2D eigenvalue weighted by Gasteiger charge is 2.06. The number of aromatic hydroxyl groups is 1. The van der Waals surface area contributed by atoms with Gasteiger partial charge >= 0.3 is 0 Å². The van der Waals surface area contributed by atoms with Crippen molar-refractivity contribution in [2.24, 2.45) is 0 Å². The summed E-state index contributed by atoms with van der Waals surface area (Å²) < 4.78 is 3.75. The Hall–Kier alpha value is -1.42. The molecule has 0 saturated heterocycles. The normalized spacial score (nSPS) is 10.2. The molecule has 0 spiro atoms. The molecule has 0 aliphatic carbocycles. The predicted molar refractivity (Wildman–Crippen MR) is 51.7 cm³/mol. The average molecular weight is 192 g/mol. The van der Waals surface area contributed by atoms with Gasteiger partial charge in [-0.3, -0.25) is 0 Å². The Kier molecular flexibility index (Phi) is 1.98. The van der Waals surface area contributed by atoms with E-state index >= 15 is 0 Å². The van der Waals surface area contributed by atoms with Gasteiger partial charge in [0.15, 0.2) is 0 Å². The molecule has 0 aliphatic rings. The first-order valence-electron chi connectivity index (χ1n) is 3.84. The summed E-state index contributed by atoms with van der Waals surface area (Å²) in [4.78, 5) is 0. The van der Waals surface area contributed by atoms with Crippen molar-refractivity contribution in [2.75, 3.05) is 0 Å². The lowest BCUT2D eigenvalue weighted by Crippen LogP contribution is -1.81. The minimum absolute atomic E-state index is 0.248. The lowest BCUT2D eigenvalue weighted by atomic mass is 10.1. The van der Waals surface area contributed by atoms with Crippen LogP contribution in [0.15, 0.2) is 23.6 Å². The topological polar surface area (TPSA) is 46.0 Å². The lowest BCUT2D eigenvalue weighted by molar-refractivity contribution is 0.477. The zero-order valence-electron chi connectivity index (χ0n) is 7.06. The minimum atomic E-state index is 0.248. The quantitative estimate of drug-likeness (QED) is 0.753. The highest BCUT2D eigenvalue weighted by molar-refractivity contribution is 7.03. The van der Waals surface area contributed by atoms with Gasteiger partial charge in [0.2, 0.25) is 0 Å². The molecule has 0 aliphatic heterocycles. The number of aromatic nitrogens is 2. The molecule has 0 bridgehead atoms. The second kappa shape index (κ2) is 3.14. The van der Waals surface area contributed by atoms with Crippen molar-refractivity contribution < 1.29 is 5.11 Å². The van der Waals surface area contributed by atoms with Gasteiger partial charge in [0.25, 0.3) is 0 Å². The molecule has 2 rings (SSSR count). The van der Waals surface area contributed by atoms with E-state index in [0.29, 0.717) is 0 Å². The maximum absolute atomic E-state index is 9.54. The Bertz CT molecular complexity index is 412. The van der Waals surface area contributed by atoms with E-state index in [9.17, 15) is 5.11 Å². The van der Waals surface area contributed by atoms with Gasteiger partial charge in [-0.2, -0.15) is 0 Å². The molecular formula is C9H8N2OS. The Balaban J connectivity index is 2.57. The molecule has 2 aromatic rings. The van der Waals surface area contributed by atoms with Gasteiger partial charge in [-0.05, 0) is 30.6 Å². The maximum atomic E-state index is 9.54. The third-order valence-corrected chi connectivity index (χ3v) is 2.29. The first-order chi connectivity index (χ1) is 6.27. The third-order valence-electron chi connectivity index (χ3n) is 1.79. The monoisotopic (exact) mass is 192 g/mol. The number of rotatable bonds is 1. The van der Waals surface area contributed by atoms with Crippen LogP contribution in [0.5, 0.6) is 5.75 Å². The van der Waals surface area contributed by atoms with Gasteiger partial charge in [-0.25, -0.2) is 0 Å². The second-order valence-corrected chi connectivity index (χ2v) is 3.42. The number of phenols is 1. The number of phenolic OH excluding ortho intramolecular Hbond substituents is 1. The van der Waals surface area contributed by atoms with Crippen molar-refractivity contribution in [1.82, 2.24) is 9.59 Å². The summed E-state index contributed by atoms with van der Waals surface area (Å²) in [6.45, 7) is 1.97. The van der Waals surface area contributed by atoms with Crippen LogP contribution in [-0.2, 0) is 0 Å². The molecule has 3 nitrogen and oxygen atoms in total. The van der Waals surface area contributed by atoms with Crippen molar-refractivity contribution in [1.29, 1.82) is 0 Å². The third kappa shape index (κ3) is 1.53. The molecule has 1 N–H and O–H groups in total. The van der Waals surface area contributed by atoms with Gasteiger partial charge in [0.1, 0.15) is 11.4 Å². The zero-order valence-corrected chi connectivity index (χ0v) is 7.88. The Morgan fingerprint density at radius 3 is 2.92 bits per heavy atom. The Labute approximate surface area is 79.8 Å². The molecule has 0 atom stereocenters. The molecule has 1 aromatic heterocycles. The van der Waals surface area contributed by atoms with Gasteiger partial charge in [-0.15, -0.1) is 5.10 Å². The van der Waals surface area contributed by atoms with Crippen LogP contribution in [0.25, 0.3) is 11.3 Å². The molecule has 1 aromatic carbocycles. The average Bonchev–Trinajstić information content (AvgIpc) is 2.61. The highest BCUT2D eigenvalue weighted by Crippen LogP contribution is 2.28. The van der Waals surface area contributed by atoms with E-state index in [1.54, 1.807) is 6.07 Å². The Morgan fingerprint density at radius 2 is 2.23 bits per heavy atom. The molecule has 1 heterocycles. The van der Waals surface area contributed by atoms with E-state index in [4.69, 9.17) is 0 Å². The summed E-state index contributed by atoms with van der Waals surface area (Å²) in [5.74, 6) is 0.248. The fraction of sp³-hybridized carbons (Fsp3) is 0.111. The molecule has 0 fully saturated rings. The molecular weight excluding hydrogens is 184 g/mol. The van der Waals surface area contributed by atoms with Crippen LogP contribution in [0.4, 0.5) is 0 Å². The summed E-state index contributed by atoms with van der Waals surface area (Å²) in [6, 6.07) is 5.43. The van der Waals surface area contributed by atoms with E-state index in [1.165, 1.54) is 11.5 Å². The first-order valence-corrected chi connectivity index (χ1v) is 4.68. The highest BCUT2D eigenvalue weighted by atomic mass is 32.1. The van der Waals surface area contributed by atoms with Crippen molar-refractivity contribution in [3.05, 3.63) is 29.1 Å². The molecule has 0 unspecified atom stereocenters. The number of aryl methyl sites for hydroxylation is 1. The zero-order chi connectivity index (χ0) is 9.26. The van der Waals surface area contributed by atoms with Crippen LogP contribution < -0.4 is 0 Å². The summed E-state index contributed by atoms with van der Waals surface area (Å²) in [5.41, 5.74) is 2.57. The molecule has 4 heteroatoms. The molecule has 0 radical (unpaired) electrons. The fourth-order valence-corrected chi connectivity index (χ4v) is 1.59. The summed E-state index contributed by atoms with van der Waals surface area (Å²) in [5, 5.41) is 15.3. The van der Waals surface area contributed by atoms with E-state index in [-0.39, 0.29) is 5.75 Å². The van der Waals surface area contributed by atoms with E-state index in [0.717, 1.165) is 16.8 Å². The van der Waals surface area contributed by atoms with Crippen LogP contribution >= 0.6 is 11.5 Å². The summed E-state index contributed by atoms with van der Waals surface area (Å²) in [7, 11) is 0. The van der Waals surface area contributed by atoms with Crippen LogP contribution in [0.3, 0.4) is 0 Å². The standard InChI is InChI=1S/C9H8N2OS/c1-6-2-3-9(12)7(4-6)8-5-13-11-10-8/h2-5,12H,1H3.